The van der Waals surface area contributed by atoms with E-state index in [1.165, 1.54) is 11.1 Å². The van der Waals surface area contributed by atoms with Gasteiger partial charge in [-0.25, -0.2) is 0 Å². The molecule has 0 N–H and O–H groups in total. The van der Waals surface area contributed by atoms with Gasteiger partial charge in [-0.1, -0.05) is 66.7 Å². The molecule has 2 heteroatoms. The van der Waals surface area contributed by atoms with Crippen LogP contribution in [0.2, 0.25) is 0 Å². The Labute approximate surface area is 172 Å². The summed E-state index contributed by atoms with van der Waals surface area (Å²) in [5.74, 6) is 0. The van der Waals surface area contributed by atoms with E-state index in [2.05, 4.69) is 68.1 Å². The summed E-state index contributed by atoms with van der Waals surface area (Å²) < 4.78 is 2.03. The van der Waals surface area contributed by atoms with Gasteiger partial charge in [0.1, 0.15) is 6.07 Å². The smallest absolute Gasteiger partial charge is 0.101 e. The average molecular weight is 374 g/mol. The third-order valence-corrected chi connectivity index (χ3v) is 5.20. The molecule has 3 aromatic carbocycles. The van der Waals surface area contributed by atoms with E-state index in [9.17, 15) is 5.26 Å². The highest BCUT2D eigenvalue weighted by molar-refractivity contribution is 5.76. The van der Waals surface area contributed by atoms with Crippen molar-refractivity contribution >= 4 is 5.57 Å². The number of rotatable bonds is 4. The van der Waals surface area contributed by atoms with Crippen molar-refractivity contribution in [1.82, 2.24) is 4.57 Å². The Kier molecular flexibility index (Phi) is 4.89. The van der Waals surface area contributed by atoms with Crippen LogP contribution in [-0.4, -0.2) is 4.57 Å². The highest BCUT2D eigenvalue weighted by Crippen LogP contribution is 2.30. The van der Waals surface area contributed by atoms with Crippen molar-refractivity contribution in [2.24, 2.45) is 0 Å². The van der Waals surface area contributed by atoms with Crippen molar-refractivity contribution in [2.45, 2.75) is 13.8 Å². The number of benzene rings is 3. The lowest BCUT2D eigenvalue weighted by atomic mass is 9.99. The van der Waals surface area contributed by atoms with E-state index < -0.39 is 0 Å². The van der Waals surface area contributed by atoms with Crippen LogP contribution in [0.5, 0.6) is 0 Å². The van der Waals surface area contributed by atoms with Gasteiger partial charge in [0, 0.05) is 23.6 Å². The van der Waals surface area contributed by atoms with E-state index >= 15 is 0 Å². The molecule has 0 aliphatic heterocycles. The molecule has 29 heavy (non-hydrogen) atoms. The first kappa shape index (κ1) is 18.5. The van der Waals surface area contributed by atoms with Crippen molar-refractivity contribution < 1.29 is 0 Å². The Morgan fingerprint density at radius 1 is 0.862 bits per heavy atom. The molecule has 2 nitrogen and oxygen atoms in total. The zero-order chi connectivity index (χ0) is 20.4. The average Bonchev–Trinajstić information content (AvgIpc) is 3.19. The minimum atomic E-state index is 0.664. The van der Waals surface area contributed by atoms with Crippen molar-refractivity contribution in [3.8, 4) is 34.0 Å². The molecule has 4 aromatic rings. The molecule has 0 radical (unpaired) electrons. The van der Waals surface area contributed by atoms with Crippen molar-refractivity contribution in [3.05, 3.63) is 108 Å². The summed E-state index contributed by atoms with van der Waals surface area (Å²) in [6.45, 7) is 8.15. The maximum absolute atomic E-state index is 9.72. The molecule has 0 bridgehead atoms. The zero-order valence-electron chi connectivity index (χ0n) is 16.7. The third kappa shape index (κ3) is 3.63. The normalized spacial score (nSPS) is 10.5. The van der Waals surface area contributed by atoms with Crippen LogP contribution >= 0.6 is 0 Å². The summed E-state index contributed by atoms with van der Waals surface area (Å²) in [6, 6.07) is 27.3. The van der Waals surface area contributed by atoms with Gasteiger partial charge in [-0.05, 0) is 59.9 Å². The quantitative estimate of drug-likeness (QED) is 0.377. The van der Waals surface area contributed by atoms with Gasteiger partial charge in [-0.3, -0.25) is 0 Å². The Balaban J connectivity index is 1.77. The first-order valence-electron chi connectivity index (χ1n) is 9.61. The SMILES string of the molecule is C=C(C)c1ccc(-n2cc(C#N)c(-c3cccc(-c4ccccc4)c3)c2)cc1C. The molecule has 140 valence electrons. The fourth-order valence-corrected chi connectivity index (χ4v) is 3.71. The predicted octanol–water partition coefficient (Wildman–Crippen LogP) is 7.02. The fraction of sp³-hybridized carbons (Fsp3) is 0.0741. The fourth-order valence-electron chi connectivity index (χ4n) is 3.71. The van der Waals surface area contributed by atoms with E-state index in [1.807, 2.05) is 48.1 Å². The number of hydrogen-bond donors (Lipinski definition) is 0. The summed E-state index contributed by atoms with van der Waals surface area (Å²) in [5.41, 5.74) is 9.37. The molecule has 0 amide bonds. The molecule has 0 atom stereocenters. The van der Waals surface area contributed by atoms with Crippen molar-refractivity contribution in [2.75, 3.05) is 0 Å². The number of aromatic nitrogens is 1. The molecular weight excluding hydrogens is 352 g/mol. The highest BCUT2D eigenvalue weighted by Gasteiger charge is 2.12. The molecule has 0 spiro atoms. The summed E-state index contributed by atoms with van der Waals surface area (Å²) >= 11 is 0. The minimum Gasteiger partial charge on any atom is -0.322 e. The molecule has 0 aliphatic rings. The summed E-state index contributed by atoms with van der Waals surface area (Å²) in [4.78, 5) is 0. The Morgan fingerprint density at radius 3 is 2.28 bits per heavy atom. The number of aryl methyl sites for hydroxylation is 1. The molecule has 1 aromatic heterocycles. The van der Waals surface area contributed by atoms with Gasteiger partial charge in [0.25, 0.3) is 0 Å². The number of nitriles is 1. The highest BCUT2D eigenvalue weighted by atomic mass is 14.9. The lowest BCUT2D eigenvalue weighted by Gasteiger charge is -2.09. The van der Waals surface area contributed by atoms with Crippen LogP contribution in [0.3, 0.4) is 0 Å². The maximum Gasteiger partial charge on any atom is 0.101 e. The van der Waals surface area contributed by atoms with E-state index in [4.69, 9.17) is 0 Å². The third-order valence-electron chi connectivity index (χ3n) is 5.20. The lowest BCUT2D eigenvalue weighted by molar-refractivity contribution is 1.07. The number of hydrogen-bond acceptors (Lipinski definition) is 1. The van der Waals surface area contributed by atoms with Crippen LogP contribution in [0.4, 0.5) is 0 Å². The Morgan fingerprint density at radius 2 is 1.59 bits per heavy atom. The first-order chi connectivity index (χ1) is 14.1. The van der Waals surface area contributed by atoms with E-state index in [-0.39, 0.29) is 0 Å². The van der Waals surface area contributed by atoms with E-state index in [1.54, 1.807) is 0 Å². The van der Waals surface area contributed by atoms with Gasteiger partial charge in [-0.2, -0.15) is 5.26 Å². The van der Waals surface area contributed by atoms with Crippen LogP contribution < -0.4 is 0 Å². The van der Waals surface area contributed by atoms with Gasteiger partial charge < -0.3 is 4.57 Å². The Hall–Kier alpha value is -3.83. The second kappa shape index (κ2) is 7.66. The van der Waals surface area contributed by atoms with Crippen molar-refractivity contribution in [3.63, 3.8) is 0 Å². The van der Waals surface area contributed by atoms with Crippen LogP contribution in [0.25, 0.3) is 33.5 Å². The predicted molar refractivity (Wildman–Crippen MR) is 121 cm³/mol. The second-order valence-corrected chi connectivity index (χ2v) is 7.33. The zero-order valence-corrected chi connectivity index (χ0v) is 16.7. The van der Waals surface area contributed by atoms with E-state index in [0.717, 1.165) is 33.5 Å². The van der Waals surface area contributed by atoms with Gasteiger partial charge in [0.15, 0.2) is 0 Å². The number of nitrogens with zero attached hydrogens (tertiary/aromatic N) is 2. The molecule has 0 fully saturated rings. The molecule has 0 saturated carbocycles. The molecule has 4 rings (SSSR count). The van der Waals surface area contributed by atoms with Gasteiger partial charge in [-0.15, -0.1) is 0 Å². The van der Waals surface area contributed by atoms with Crippen molar-refractivity contribution in [1.29, 1.82) is 5.26 Å². The number of allylic oxidation sites excluding steroid dienone is 1. The lowest BCUT2D eigenvalue weighted by Crippen LogP contribution is -1.93. The topological polar surface area (TPSA) is 28.7 Å². The van der Waals surface area contributed by atoms with Gasteiger partial charge in [0.2, 0.25) is 0 Å². The van der Waals surface area contributed by atoms with Gasteiger partial charge in [0.05, 0.1) is 5.56 Å². The largest absolute Gasteiger partial charge is 0.322 e. The standard InChI is InChI=1S/C27H22N2/c1-19(2)26-13-12-25(14-20(26)3)29-17-24(16-28)27(18-29)23-11-7-10-22(15-23)21-8-5-4-6-9-21/h4-15,17-18H,1H2,2-3H3. The second-order valence-electron chi connectivity index (χ2n) is 7.33. The van der Waals surface area contributed by atoms with E-state index in [0.29, 0.717) is 5.56 Å². The van der Waals surface area contributed by atoms with Crippen LogP contribution in [0.15, 0.2) is 91.8 Å². The van der Waals surface area contributed by atoms with Crippen LogP contribution in [-0.2, 0) is 0 Å². The minimum absolute atomic E-state index is 0.664. The summed E-state index contributed by atoms with van der Waals surface area (Å²) in [5, 5.41) is 9.72. The molecule has 0 aliphatic carbocycles. The van der Waals surface area contributed by atoms with Gasteiger partial charge >= 0.3 is 0 Å². The maximum atomic E-state index is 9.72. The van der Waals surface area contributed by atoms with Crippen LogP contribution in [0, 0.1) is 18.3 Å². The summed E-state index contributed by atoms with van der Waals surface area (Å²) in [7, 11) is 0. The molecular formula is C27H22N2. The molecule has 1 heterocycles. The first-order valence-corrected chi connectivity index (χ1v) is 9.61. The Bertz CT molecular complexity index is 1240. The molecule has 0 unspecified atom stereocenters. The summed E-state index contributed by atoms with van der Waals surface area (Å²) in [6.07, 6.45) is 3.94. The van der Waals surface area contributed by atoms with Crippen LogP contribution in [0.1, 0.15) is 23.6 Å². The molecule has 0 saturated heterocycles. The monoisotopic (exact) mass is 374 g/mol.